The minimum atomic E-state index is -1.55. The Hall–Kier alpha value is -1.83. The first kappa shape index (κ1) is 19.2. The molecule has 0 aromatic carbocycles. The third-order valence-corrected chi connectivity index (χ3v) is 2.91. The van der Waals surface area contributed by atoms with Crippen molar-refractivity contribution in [3.05, 3.63) is 0 Å². The zero-order valence-corrected chi connectivity index (χ0v) is 13.7. The summed E-state index contributed by atoms with van der Waals surface area (Å²) in [6.07, 6.45) is 0.0821. The second-order valence-electron chi connectivity index (χ2n) is 6.00. The Morgan fingerprint density at radius 3 is 1.81 bits per heavy atom. The number of rotatable bonds is 6. The molecule has 0 aliphatic rings. The minimum Gasteiger partial charge on any atom is -0.468 e. The molecule has 0 spiro atoms. The standard InChI is InChI=1S/C16H24O5/c1-12(17)8-11-16(13(18)20-5,14(19)21-6)10-7-9-15(2,3)4/h8,10-11H2,1-6H3. The highest BCUT2D eigenvalue weighted by Gasteiger charge is 2.47. The van der Waals surface area contributed by atoms with Gasteiger partial charge in [-0.2, -0.15) is 0 Å². The van der Waals surface area contributed by atoms with Crippen LogP contribution >= 0.6 is 0 Å². The van der Waals surface area contributed by atoms with Gasteiger partial charge in [-0.15, -0.1) is 5.92 Å². The van der Waals surface area contributed by atoms with E-state index in [0.29, 0.717) is 0 Å². The van der Waals surface area contributed by atoms with Gasteiger partial charge >= 0.3 is 11.9 Å². The van der Waals surface area contributed by atoms with Crippen LogP contribution in [0.4, 0.5) is 0 Å². The monoisotopic (exact) mass is 296 g/mol. The normalized spacial score (nSPS) is 11.1. The number of carbonyl (C=O) groups is 3. The molecule has 21 heavy (non-hydrogen) atoms. The van der Waals surface area contributed by atoms with Gasteiger partial charge in [0.2, 0.25) is 0 Å². The molecule has 0 aromatic rings. The number of Topliss-reactive ketones (excluding diaryl/α,β-unsaturated/α-hetero) is 1. The molecule has 0 heterocycles. The molecule has 0 saturated heterocycles. The number of ether oxygens (including phenoxy) is 2. The van der Waals surface area contributed by atoms with E-state index in [0.717, 1.165) is 0 Å². The van der Waals surface area contributed by atoms with Crippen molar-refractivity contribution in [1.29, 1.82) is 0 Å². The lowest BCUT2D eigenvalue weighted by molar-refractivity contribution is -0.169. The Morgan fingerprint density at radius 1 is 1.00 bits per heavy atom. The first-order valence-electron chi connectivity index (χ1n) is 6.75. The zero-order valence-electron chi connectivity index (χ0n) is 13.7. The van der Waals surface area contributed by atoms with Crippen LogP contribution in [0.5, 0.6) is 0 Å². The number of hydrogen-bond acceptors (Lipinski definition) is 5. The van der Waals surface area contributed by atoms with Crippen LogP contribution in [0.25, 0.3) is 0 Å². The summed E-state index contributed by atoms with van der Waals surface area (Å²) in [6.45, 7) is 7.18. The highest BCUT2D eigenvalue weighted by Crippen LogP contribution is 2.32. The van der Waals surface area contributed by atoms with E-state index >= 15 is 0 Å². The highest BCUT2D eigenvalue weighted by atomic mass is 16.5. The molecule has 0 N–H and O–H groups in total. The van der Waals surface area contributed by atoms with Gasteiger partial charge in [-0.25, -0.2) is 0 Å². The molecule has 0 atom stereocenters. The van der Waals surface area contributed by atoms with Crippen LogP contribution in [-0.2, 0) is 23.9 Å². The predicted molar refractivity (Wildman–Crippen MR) is 78.2 cm³/mol. The summed E-state index contributed by atoms with van der Waals surface area (Å²) in [5, 5.41) is 0. The maximum atomic E-state index is 12.1. The second kappa shape index (κ2) is 7.82. The molecule has 5 heteroatoms. The van der Waals surface area contributed by atoms with E-state index in [1.165, 1.54) is 21.1 Å². The van der Waals surface area contributed by atoms with Crippen LogP contribution in [0, 0.1) is 22.7 Å². The third-order valence-electron chi connectivity index (χ3n) is 2.91. The summed E-state index contributed by atoms with van der Waals surface area (Å²) in [5.41, 5.74) is -1.80. The molecule has 0 radical (unpaired) electrons. The van der Waals surface area contributed by atoms with Gasteiger partial charge in [0.15, 0.2) is 5.41 Å². The Bertz CT molecular complexity index is 443. The molecule has 0 aliphatic heterocycles. The van der Waals surface area contributed by atoms with Gasteiger partial charge in [-0.1, -0.05) is 5.92 Å². The quantitative estimate of drug-likeness (QED) is 0.426. The van der Waals surface area contributed by atoms with Crippen LogP contribution in [0.3, 0.4) is 0 Å². The fourth-order valence-electron chi connectivity index (χ4n) is 1.76. The molecule has 118 valence electrons. The molecule has 0 bridgehead atoms. The second-order valence-corrected chi connectivity index (χ2v) is 6.00. The van der Waals surface area contributed by atoms with Crippen LogP contribution in [0.2, 0.25) is 0 Å². The summed E-state index contributed by atoms with van der Waals surface area (Å²) in [7, 11) is 2.40. The Balaban J connectivity index is 5.54. The zero-order chi connectivity index (χ0) is 16.7. The molecule has 0 aromatic heterocycles. The summed E-state index contributed by atoms with van der Waals surface area (Å²) in [5.74, 6) is 4.27. The van der Waals surface area contributed by atoms with Gasteiger partial charge in [-0.05, 0) is 34.1 Å². The molecule has 5 nitrogen and oxygen atoms in total. The smallest absolute Gasteiger partial charge is 0.324 e. The lowest BCUT2D eigenvalue weighted by atomic mass is 9.79. The van der Waals surface area contributed by atoms with Crippen molar-refractivity contribution in [1.82, 2.24) is 0 Å². The Kier molecular flexibility index (Phi) is 7.14. The van der Waals surface area contributed by atoms with Crippen molar-refractivity contribution in [2.45, 2.75) is 47.0 Å². The fraction of sp³-hybridized carbons (Fsp3) is 0.688. The molecular weight excluding hydrogens is 272 g/mol. The average molecular weight is 296 g/mol. The lowest BCUT2D eigenvalue weighted by Crippen LogP contribution is -2.41. The van der Waals surface area contributed by atoms with Crippen molar-refractivity contribution in [2.24, 2.45) is 10.8 Å². The number of methoxy groups -OCH3 is 2. The van der Waals surface area contributed by atoms with Gasteiger partial charge in [0.25, 0.3) is 0 Å². The van der Waals surface area contributed by atoms with E-state index in [4.69, 9.17) is 9.47 Å². The highest BCUT2D eigenvalue weighted by molar-refractivity contribution is 6.00. The first-order chi connectivity index (χ1) is 9.59. The average Bonchev–Trinajstić information content (AvgIpc) is 2.39. The van der Waals surface area contributed by atoms with E-state index in [2.05, 4.69) is 11.8 Å². The third kappa shape index (κ3) is 5.99. The van der Waals surface area contributed by atoms with Gasteiger partial charge in [-0.3, -0.25) is 9.59 Å². The van der Waals surface area contributed by atoms with Crippen molar-refractivity contribution in [2.75, 3.05) is 14.2 Å². The SMILES string of the molecule is COC(=O)C(CC#CC(C)(C)C)(CCC(C)=O)C(=O)OC. The summed E-state index contributed by atoms with van der Waals surface area (Å²) in [6, 6.07) is 0. The van der Waals surface area contributed by atoms with Crippen molar-refractivity contribution in [3.63, 3.8) is 0 Å². The van der Waals surface area contributed by atoms with Crippen molar-refractivity contribution < 1.29 is 23.9 Å². The van der Waals surface area contributed by atoms with Crippen LogP contribution in [0.1, 0.15) is 47.0 Å². The van der Waals surface area contributed by atoms with Gasteiger partial charge < -0.3 is 14.3 Å². The van der Waals surface area contributed by atoms with E-state index in [1.807, 2.05) is 20.8 Å². The molecule has 0 fully saturated rings. The maximum Gasteiger partial charge on any atom is 0.324 e. The molecule has 0 saturated carbocycles. The number of hydrogen-bond donors (Lipinski definition) is 0. The van der Waals surface area contributed by atoms with Crippen LogP contribution in [-0.4, -0.2) is 31.9 Å². The van der Waals surface area contributed by atoms with Crippen molar-refractivity contribution >= 4 is 17.7 Å². The van der Waals surface area contributed by atoms with E-state index < -0.39 is 17.4 Å². The topological polar surface area (TPSA) is 69.7 Å². The number of ketones is 1. The fourth-order valence-corrected chi connectivity index (χ4v) is 1.76. The van der Waals surface area contributed by atoms with E-state index in [1.54, 1.807) is 0 Å². The Morgan fingerprint density at radius 2 is 1.48 bits per heavy atom. The summed E-state index contributed by atoms with van der Waals surface area (Å²) >= 11 is 0. The molecule has 0 unspecified atom stereocenters. The Labute approximate surface area is 126 Å². The van der Waals surface area contributed by atoms with Crippen LogP contribution in [0.15, 0.2) is 0 Å². The largest absolute Gasteiger partial charge is 0.468 e. The summed E-state index contributed by atoms with van der Waals surface area (Å²) < 4.78 is 9.47. The molecule has 0 aliphatic carbocycles. The molecule has 0 rings (SSSR count). The van der Waals surface area contributed by atoms with Gasteiger partial charge in [0, 0.05) is 18.3 Å². The predicted octanol–water partition coefficient (Wildman–Crippen LogP) is 2.13. The van der Waals surface area contributed by atoms with E-state index in [-0.39, 0.29) is 30.5 Å². The molecule has 0 amide bonds. The number of carbonyl (C=O) groups excluding carboxylic acids is 3. The lowest BCUT2D eigenvalue weighted by Gasteiger charge is -2.26. The van der Waals surface area contributed by atoms with Gasteiger partial charge in [0.1, 0.15) is 5.78 Å². The summed E-state index contributed by atoms with van der Waals surface area (Å²) in [4.78, 5) is 35.4. The maximum absolute atomic E-state index is 12.1. The van der Waals surface area contributed by atoms with Crippen LogP contribution < -0.4 is 0 Å². The van der Waals surface area contributed by atoms with Crippen molar-refractivity contribution in [3.8, 4) is 11.8 Å². The number of esters is 2. The first-order valence-corrected chi connectivity index (χ1v) is 6.75. The molecular formula is C16H24O5. The minimum absolute atomic E-state index is 0.0283. The van der Waals surface area contributed by atoms with Gasteiger partial charge in [0.05, 0.1) is 14.2 Å². The van der Waals surface area contributed by atoms with E-state index in [9.17, 15) is 14.4 Å².